The quantitative estimate of drug-likeness (QED) is 0.774. The maximum absolute atomic E-state index is 12.8. The third-order valence-electron chi connectivity index (χ3n) is 4.17. The van der Waals surface area contributed by atoms with Crippen LogP contribution in [0.5, 0.6) is 0 Å². The summed E-state index contributed by atoms with van der Waals surface area (Å²) in [7, 11) is -1.05. The number of benzene rings is 1. The standard InChI is InChI=1S/C17H23NOS/c1-13(2)14-8-10-16(11-9-14)20(19)17-7-5-3-4-6-15(17)12-18/h8-11,13,15,17H,3-7H2,1-2H3. The lowest BCUT2D eigenvalue weighted by Crippen LogP contribution is -2.23. The zero-order chi connectivity index (χ0) is 14.5. The van der Waals surface area contributed by atoms with Gasteiger partial charge < -0.3 is 0 Å². The molecule has 3 unspecified atom stereocenters. The summed E-state index contributed by atoms with van der Waals surface area (Å²) in [5, 5.41) is 9.32. The maximum atomic E-state index is 12.8. The molecule has 0 N–H and O–H groups in total. The van der Waals surface area contributed by atoms with Crippen LogP contribution in [0, 0.1) is 17.2 Å². The van der Waals surface area contributed by atoms with E-state index in [1.165, 1.54) is 5.56 Å². The average Bonchev–Trinajstić information content (AvgIpc) is 2.71. The van der Waals surface area contributed by atoms with Crippen LogP contribution in [-0.4, -0.2) is 9.46 Å². The SMILES string of the molecule is CC(C)c1ccc(S(=O)C2CCCCCC2C#N)cc1. The zero-order valence-corrected chi connectivity index (χ0v) is 13.2. The molecule has 0 bridgehead atoms. The van der Waals surface area contributed by atoms with Crippen LogP contribution < -0.4 is 0 Å². The van der Waals surface area contributed by atoms with E-state index < -0.39 is 10.8 Å². The second kappa shape index (κ2) is 7.04. The van der Waals surface area contributed by atoms with E-state index in [0.29, 0.717) is 5.92 Å². The monoisotopic (exact) mass is 289 g/mol. The molecule has 1 aliphatic carbocycles. The van der Waals surface area contributed by atoms with E-state index in [2.05, 4.69) is 32.0 Å². The van der Waals surface area contributed by atoms with Gasteiger partial charge in [-0.25, -0.2) is 0 Å². The summed E-state index contributed by atoms with van der Waals surface area (Å²) in [5.74, 6) is 0.435. The molecule has 0 spiro atoms. The van der Waals surface area contributed by atoms with Crippen LogP contribution >= 0.6 is 0 Å². The molecule has 0 heterocycles. The van der Waals surface area contributed by atoms with E-state index in [9.17, 15) is 9.47 Å². The molecule has 3 atom stereocenters. The van der Waals surface area contributed by atoms with Crippen molar-refractivity contribution in [3.8, 4) is 6.07 Å². The van der Waals surface area contributed by atoms with Gasteiger partial charge in [0.05, 0.1) is 28.0 Å². The molecule has 1 aromatic carbocycles. The van der Waals surface area contributed by atoms with Gasteiger partial charge in [-0.3, -0.25) is 4.21 Å². The number of hydrogen-bond donors (Lipinski definition) is 0. The lowest BCUT2D eigenvalue weighted by atomic mass is 10.0. The van der Waals surface area contributed by atoms with Crippen LogP contribution in [0.25, 0.3) is 0 Å². The van der Waals surface area contributed by atoms with Gasteiger partial charge in [0.2, 0.25) is 0 Å². The summed E-state index contributed by atoms with van der Waals surface area (Å²) in [6.07, 6.45) is 5.17. The van der Waals surface area contributed by atoms with Gasteiger partial charge in [0.15, 0.2) is 0 Å². The van der Waals surface area contributed by atoms with Crippen molar-refractivity contribution in [1.82, 2.24) is 0 Å². The van der Waals surface area contributed by atoms with Crippen molar-refractivity contribution < 1.29 is 4.21 Å². The molecule has 2 rings (SSSR count). The Labute approximate surface area is 124 Å². The van der Waals surface area contributed by atoms with Crippen LogP contribution in [0.3, 0.4) is 0 Å². The second-order valence-corrected chi connectivity index (χ2v) is 7.60. The first kappa shape index (κ1) is 15.3. The Bertz CT molecular complexity index is 501. The van der Waals surface area contributed by atoms with Crippen molar-refractivity contribution in [1.29, 1.82) is 5.26 Å². The molecule has 3 heteroatoms. The van der Waals surface area contributed by atoms with Crippen molar-refractivity contribution in [2.24, 2.45) is 5.92 Å². The molecule has 0 aromatic heterocycles. The summed E-state index contributed by atoms with van der Waals surface area (Å²) < 4.78 is 12.8. The minimum atomic E-state index is -1.05. The summed E-state index contributed by atoms with van der Waals surface area (Å²) >= 11 is 0. The fourth-order valence-electron chi connectivity index (χ4n) is 2.84. The Hall–Kier alpha value is -1.14. The molecule has 1 aliphatic rings. The van der Waals surface area contributed by atoms with Gasteiger partial charge in [-0.05, 0) is 36.5 Å². The van der Waals surface area contributed by atoms with Crippen LogP contribution in [0.15, 0.2) is 29.2 Å². The Morgan fingerprint density at radius 1 is 1.15 bits per heavy atom. The van der Waals surface area contributed by atoms with Gasteiger partial charge >= 0.3 is 0 Å². The molecule has 1 fully saturated rings. The lowest BCUT2D eigenvalue weighted by molar-refractivity contribution is 0.564. The number of rotatable bonds is 3. The summed E-state index contributed by atoms with van der Waals surface area (Å²) in [6, 6.07) is 10.5. The largest absolute Gasteiger partial charge is 0.254 e. The topological polar surface area (TPSA) is 40.9 Å². The molecular weight excluding hydrogens is 266 g/mol. The van der Waals surface area contributed by atoms with Gasteiger partial charge in [0.25, 0.3) is 0 Å². The van der Waals surface area contributed by atoms with Crippen molar-refractivity contribution in [2.45, 2.75) is 62.0 Å². The lowest BCUT2D eigenvalue weighted by Gasteiger charge is -2.19. The third-order valence-corrected chi connectivity index (χ3v) is 6.02. The predicted octanol–water partition coefficient (Wildman–Crippen LogP) is 4.39. The fraction of sp³-hybridized carbons (Fsp3) is 0.588. The van der Waals surface area contributed by atoms with Gasteiger partial charge in [0, 0.05) is 4.90 Å². The molecule has 108 valence electrons. The molecule has 0 saturated heterocycles. The van der Waals surface area contributed by atoms with Crippen LogP contribution in [0.1, 0.15) is 57.4 Å². The first-order valence-electron chi connectivity index (χ1n) is 7.53. The summed E-state index contributed by atoms with van der Waals surface area (Å²) in [4.78, 5) is 0.876. The number of nitrogens with zero attached hydrogens (tertiary/aromatic N) is 1. The Kier molecular flexibility index (Phi) is 5.37. The molecule has 1 saturated carbocycles. The van der Waals surface area contributed by atoms with E-state index in [1.54, 1.807) is 0 Å². The summed E-state index contributed by atoms with van der Waals surface area (Å²) in [6.45, 7) is 4.31. The fourth-order valence-corrected chi connectivity index (χ4v) is 4.47. The molecule has 0 amide bonds. The number of hydrogen-bond acceptors (Lipinski definition) is 2. The van der Waals surface area contributed by atoms with E-state index in [4.69, 9.17) is 0 Å². The first-order valence-corrected chi connectivity index (χ1v) is 8.75. The molecule has 0 aliphatic heterocycles. The Balaban J connectivity index is 2.18. The van der Waals surface area contributed by atoms with Crippen molar-refractivity contribution in [2.75, 3.05) is 0 Å². The highest BCUT2D eigenvalue weighted by atomic mass is 32.2. The van der Waals surface area contributed by atoms with Crippen molar-refractivity contribution in [3.63, 3.8) is 0 Å². The minimum Gasteiger partial charge on any atom is -0.254 e. The van der Waals surface area contributed by atoms with Crippen molar-refractivity contribution >= 4 is 10.8 Å². The molecule has 0 radical (unpaired) electrons. The molecule has 1 aromatic rings. The zero-order valence-electron chi connectivity index (χ0n) is 12.3. The highest BCUT2D eigenvalue weighted by Crippen LogP contribution is 2.30. The van der Waals surface area contributed by atoms with E-state index in [-0.39, 0.29) is 11.2 Å². The average molecular weight is 289 g/mol. The van der Waals surface area contributed by atoms with E-state index >= 15 is 0 Å². The Morgan fingerprint density at radius 3 is 2.40 bits per heavy atom. The maximum Gasteiger partial charge on any atom is 0.0668 e. The van der Waals surface area contributed by atoms with Crippen LogP contribution in [-0.2, 0) is 10.8 Å². The molecule has 2 nitrogen and oxygen atoms in total. The predicted molar refractivity (Wildman–Crippen MR) is 82.9 cm³/mol. The smallest absolute Gasteiger partial charge is 0.0668 e. The van der Waals surface area contributed by atoms with Gasteiger partial charge in [0.1, 0.15) is 0 Å². The van der Waals surface area contributed by atoms with E-state index in [0.717, 1.165) is 37.0 Å². The van der Waals surface area contributed by atoms with Gasteiger partial charge in [-0.1, -0.05) is 45.2 Å². The highest BCUT2D eigenvalue weighted by Gasteiger charge is 2.29. The second-order valence-electron chi connectivity index (χ2n) is 5.93. The first-order chi connectivity index (χ1) is 9.63. The molecule has 20 heavy (non-hydrogen) atoms. The highest BCUT2D eigenvalue weighted by molar-refractivity contribution is 7.85. The van der Waals surface area contributed by atoms with Crippen LogP contribution in [0.2, 0.25) is 0 Å². The Morgan fingerprint density at radius 2 is 1.80 bits per heavy atom. The van der Waals surface area contributed by atoms with Crippen molar-refractivity contribution in [3.05, 3.63) is 29.8 Å². The van der Waals surface area contributed by atoms with Gasteiger partial charge in [-0.15, -0.1) is 0 Å². The van der Waals surface area contributed by atoms with Gasteiger partial charge in [-0.2, -0.15) is 5.26 Å². The molecular formula is C17H23NOS. The van der Waals surface area contributed by atoms with E-state index in [1.807, 2.05) is 12.1 Å². The van der Waals surface area contributed by atoms with Crippen LogP contribution in [0.4, 0.5) is 0 Å². The third kappa shape index (κ3) is 3.49. The summed E-state index contributed by atoms with van der Waals surface area (Å²) in [5.41, 5.74) is 1.27. The number of nitriles is 1. The minimum absolute atomic E-state index is 0.00685. The normalized spacial score (nSPS) is 24.9.